The van der Waals surface area contributed by atoms with E-state index in [4.69, 9.17) is 4.74 Å². The van der Waals surface area contributed by atoms with E-state index in [1.54, 1.807) is 13.0 Å². The van der Waals surface area contributed by atoms with E-state index < -0.39 is 29.6 Å². The monoisotopic (exact) mass is 394 g/mol. The highest BCUT2D eigenvalue weighted by Gasteiger charge is 2.17. The zero-order valence-electron chi connectivity index (χ0n) is 15.1. The van der Waals surface area contributed by atoms with Crippen LogP contribution >= 0.6 is 11.8 Å². The summed E-state index contributed by atoms with van der Waals surface area (Å²) in [5.41, 5.74) is 6.44. The third kappa shape index (κ3) is 5.96. The molecule has 5 nitrogen and oxygen atoms in total. The molecule has 2 rings (SSSR count). The Morgan fingerprint density at radius 1 is 1.15 bits per heavy atom. The molecular weight excluding hydrogens is 374 g/mol. The molecule has 2 aromatic rings. The summed E-state index contributed by atoms with van der Waals surface area (Å²) in [6.07, 6.45) is -0.834. The number of carbonyl (C=O) groups is 2. The van der Waals surface area contributed by atoms with Crippen molar-refractivity contribution in [3.05, 3.63) is 59.2 Å². The lowest BCUT2D eigenvalue weighted by Gasteiger charge is -2.17. The lowest BCUT2D eigenvalue weighted by Crippen LogP contribution is -2.47. The van der Waals surface area contributed by atoms with E-state index in [0.717, 1.165) is 41.1 Å². The average molecular weight is 394 g/mol. The Morgan fingerprint density at radius 3 is 2.63 bits per heavy atom. The summed E-state index contributed by atoms with van der Waals surface area (Å²) < 4.78 is 32.2. The Kier molecular flexibility index (Phi) is 7.18. The van der Waals surface area contributed by atoms with E-state index in [1.165, 1.54) is 0 Å². The van der Waals surface area contributed by atoms with Gasteiger partial charge >= 0.3 is 0 Å². The number of aryl methyl sites for hydroxylation is 1. The summed E-state index contributed by atoms with van der Waals surface area (Å²) in [5, 5.41) is 0. The van der Waals surface area contributed by atoms with Crippen LogP contribution in [0.1, 0.15) is 18.1 Å². The van der Waals surface area contributed by atoms with Crippen LogP contribution < -0.4 is 15.6 Å². The normalized spacial score (nSPS) is 11.6. The van der Waals surface area contributed by atoms with Crippen LogP contribution in [0.15, 0.2) is 41.3 Å². The zero-order chi connectivity index (χ0) is 20.0. The molecule has 0 fully saturated rings. The van der Waals surface area contributed by atoms with E-state index in [1.807, 2.05) is 26.0 Å². The van der Waals surface area contributed by atoms with Gasteiger partial charge in [-0.05, 0) is 56.2 Å². The van der Waals surface area contributed by atoms with E-state index in [0.29, 0.717) is 5.75 Å². The number of hydrazine groups is 1. The number of carbonyl (C=O) groups excluding carboxylic acids is 2. The molecule has 0 aliphatic carbocycles. The molecule has 27 heavy (non-hydrogen) atoms. The molecule has 0 aliphatic rings. The highest BCUT2D eigenvalue weighted by Crippen LogP contribution is 2.23. The number of ether oxygens (including phenoxy) is 1. The fraction of sp³-hybridized carbons (Fsp3) is 0.263. The van der Waals surface area contributed by atoms with Gasteiger partial charge in [0.15, 0.2) is 6.10 Å². The van der Waals surface area contributed by atoms with Crippen LogP contribution in [0, 0.1) is 25.5 Å². The lowest BCUT2D eigenvalue weighted by atomic mass is 10.1. The van der Waals surface area contributed by atoms with Crippen molar-refractivity contribution in [1.29, 1.82) is 0 Å². The van der Waals surface area contributed by atoms with Gasteiger partial charge in [0.25, 0.3) is 5.91 Å². The number of halogens is 2. The molecule has 0 saturated carbocycles. The largest absolute Gasteiger partial charge is 0.481 e. The molecule has 0 saturated heterocycles. The van der Waals surface area contributed by atoms with Crippen LogP contribution in [0.25, 0.3) is 0 Å². The second kappa shape index (κ2) is 9.36. The van der Waals surface area contributed by atoms with Crippen molar-refractivity contribution in [1.82, 2.24) is 10.9 Å². The maximum absolute atomic E-state index is 13.5. The van der Waals surface area contributed by atoms with Crippen molar-refractivity contribution in [3.63, 3.8) is 0 Å². The second-order valence-electron chi connectivity index (χ2n) is 5.86. The van der Waals surface area contributed by atoms with E-state index in [-0.39, 0.29) is 10.6 Å². The minimum atomic E-state index is -0.834. The zero-order valence-corrected chi connectivity index (χ0v) is 16.0. The van der Waals surface area contributed by atoms with Crippen LogP contribution in [-0.4, -0.2) is 23.7 Å². The van der Waals surface area contributed by atoms with Gasteiger partial charge in [-0.1, -0.05) is 12.1 Å². The molecule has 0 aromatic heterocycles. The molecular formula is C19H20F2N2O3S. The van der Waals surface area contributed by atoms with Crippen LogP contribution in [0.5, 0.6) is 5.75 Å². The Labute approximate surface area is 160 Å². The SMILES string of the molecule is Cc1cccc(O[C@H](C)C(=O)NNC(=O)CSc2cc(F)ccc2F)c1C. The van der Waals surface area contributed by atoms with Crippen molar-refractivity contribution in [2.45, 2.75) is 31.8 Å². The van der Waals surface area contributed by atoms with Gasteiger partial charge in [-0.3, -0.25) is 20.4 Å². The van der Waals surface area contributed by atoms with E-state index >= 15 is 0 Å². The molecule has 0 bridgehead atoms. The summed E-state index contributed by atoms with van der Waals surface area (Å²) in [7, 11) is 0. The van der Waals surface area contributed by atoms with Gasteiger partial charge in [-0.25, -0.2) is 8.78 Å². The first-order valence-electron chi connectivity index (χ1n) is 8.17. The van der Waals surface area contributed by atoms with Gasteiger partial charge in [-0.2, -0.15) is 0 Å². The number of rotatable bonds is 6. The van der Waals surface area contributed by atoms with Gasteiger partial charge in [0, 0.05) is 4.90 Å². The molecule has 2 amide bonds. The molecule has 1 atom stereocenters. The van der Waals surface area contributed by atoms with Crippen molar-refractivity contribution >= 4 is 23.6 Å². The van der Waals surface area contributed by atoms with Crippen LogP contribution in [0.3, 0.4) is 0 Å². The molecule has 144 valence electrons. The second-order valence-corrected chi connectivity index (χ2v) is 6.88. The Morgan fingerprint density at radius 2 is 1.89 bits per heavy atom. The van der Waals surface area contributed by atoms with E-state index in [9.17, 15) is 18.4 Å². The van der Waals surface area contributed by atoms with Gasteiger partial charge in [0.1, 0.15) is 17.4 Å². The highest BCUT2D eigenvalue weighted by atomic mass is 32.2. The summed E-state index contributed by atoms with van der Waals surface area (Å²) in [4.78, 5) is 23.9. The van der Waals surface area contributed by atoms with Crippen molar-refractivity contribution in [3.8, 4) is 5.75 Å². The predicted octanol–water partition coefficient (Wildman–Crippen LogP) is 3.29. The Hall–Kier alpha value is -2.61. The third-order valence-electron chi connectivity index (χ3n) is 3.81. The number of hydrogen-bond donors (Lipinski definition) is 2. The topological polar surface area (TPSA) is 67.4 Å². The molecule has 0 heterocycles. The van der Waals surface area contributed by atoms with Crippen molar-refractivity contribution in [2.24, 2.45) is 0 Å². The summed E-state index contributed by atoms with van der Waals surface area (Å²) in [6.45, 7) is 5.38. The van der Waals surface area contributed by atoms with Gasteiger partial charge < -0.3 is 4.74 Å². The average Bonchev–Trinajstić information content (AvgIpc) is 2.64. The quantitative estimate of drug-likeness (QED) is 0.583. The highest BCUT2D eigenvalue weighted by molar-refractivity contribution is 8.00. The summed E-state index contributed by atoms with van der Waals surface area (Å²) >= 11 is 0.826. The lowest BCUT2D eigenvalue weighted by molar-refractivity contribution is -0.131. The first-order valence-corrected chi connectivity index (χ1v) is 9.16. The number of benzene rings is 2. The predicted molar refractivity (Wildman–Crippen MR) is 99.4 cm³/mol. The fourth-order valence-corrected chi connectivity index (χ4v) is 2.86. The van der Waals surface area contributed by atoms with Crippen molar-refractivity contribution in [2.75, 3.05) is 5.75 Å². The minimum Gasteiger partial charge on any atom is -0.481 e. The number of nitrogens with one attached hydrogen (secondary N) is 2. The molecule has 2 aromatic carbocycles. The maximum atomic E-state index is 13.5. The standard InChI is InChI=1S/C19H20F2N2O3S/c1-11-5-4-6-16(12(11)2)26-13(3)19(25)23-22-18(24)10-27-17-9-14(20)7-8-15(17)21/h4-9,13H,10H2,1-3H3,(H,22,24)(H,23,25)/t13-/m1/s1. The van der Waals surface area contributed by atoms with E-state index in [2.05, 4.69) is 10.9 Å². The van der Waals surface area contributed by atoms with Crippen molar-refractivity contribution < 1.29 is 23.1 Å². The van der Waals surface area contributed by atoms with Crippen LogP contribution in [0.4, 0.5) is 8.78 Å². The smallest absolute Gasteiger partial charge is 0.279 e. The molecule has 0 spiro atoms. The maximum Gasteiger partial charge on any atom is 0.279 e. The molecule has 2 N–H and O–H groups in total. The number of amides is 2. The first kappa shape index (κ1) is 20.7. The fourth-order valence-electron chi connectivity index (χ4n) is 2.10. The molecule has 0 radical (unpaired) electrons. The molecule has 0 aliphatic heterocycles. The van der Waals surface area contributed by atoms with Gasteiger partial charge in [0.2, 0.25) is 5.91 Å². The number of thioether (sulfide) groups is 1. The van der Waals surface area contributed by atoms with Crippen LogP contribution in [-0.2, 0) is 9.59 Å². The minimum absolute atomic E-state index is 0.0168. The van der Waals surface area contributed by atoms with Gasteiger partial charge in [0.05, 0.1) is 5.75 Å². The van der Waals surface area contributed by atoms with Crippen LogP contribution in [0.2, 0.25) is 0 Å². The first-order chi connectivity index (χ1) is 12.8. The third-order valence-corrected chi connectivity index (χ3v) is 4.84. The molecule has 8 heteroatoms. The number of hydrogen-bond acceptors (Lipinski definition) is 4. The van der Waals surface area contributed by atoms with Gasteiger partial charge in [-0.15, -0.1) is 11.8 Å². The Bertz CT molecular complexity index is 846. The summed E-state index contributed by atoms with van der Waals surface area (Å²) in [5.74, 6) is -1.91. The molecule has 0 unspecified atom stereocenters. The summed E-state index contributed by atoms with van der Waals surface area (Å²) in [6, 6.07) is 8.51. The Balaban J connectivity index is 1.81.